The van der Waals surface area contributed by atoms with Crippen LogP contribution in [0.3, 0.4) is 0 Å². The molecule has 0 aliphatic heterocycles. The van der Waals surface area contributed by atoms with E-state index in [2.05, 4.69) is 71.1 Å². The van der Waals surface area contributed by atoms with Crippen LogP contribution in [-0.2, 0) is 0 Å². The van der Waals surface area contributed by atoms with E-state index in [4.69, 9.17) is 0 Å². The van der Waals surface area contributed by atoms with Crippen molar-refractivity contribution >= 4 is 0 Å². The van der Waals surface area contributed by atoms with Crippen molar-refractivity contribution in [3.63, 3.8) is 0 Å². The smallest absolute Gasteiger partial charge is 0.0259 e. The van der Waals surface area contributed by atoms with Gasteiger partial charge in [-0.2, -0.15) is 0 Å². The average molecular weight is 217 g/mol. The Balaban J connectivity index is 4.13. The molecule has 0 amide bonds. The van der Waals surface area contributed by atoms with Crippen molar-refractivity contribution in [2.45, 2.75) is 40.5 Å². The fourth-order valence-corrected chi connectivity index (χ4v) is 1.26. The molecule has 0 rings (SSSR count). The molecule has 16 heavy (non-hydrogen) atoms. The second kappa shape index (κ2) is 9.21. The van der Waals surface area contributed by atoms with Crippen molar-refractivity contribution in [1.82, 2.24) is 0 Å². The predicted molar refractivity (Wildman–Crippen MR) is 75.2 cm³/mol. The predicted octanol–water partition coefficient (Wildman–Crippen LogP) is 5.26. The van der Waals surface area contributed by atoms with Gasteiger partial charge < -0.3 is 0 Å². The summed E-state index contributed by atoms with van der Waals surface area (Å²) >= 11 is 0. The molecular weight excluding hydrogens is 192 g/mol. The topological polar surface area (TPSA) is 0 Å². The van der Waals surface area contributed by atoms with E-state index in [1.54, 1.807) is 0 Å². The summed E-state index contributed by atoms with van der Waals surface area (Å²) in [6, 6.07) is 0. The largest absolute Gasteiger partial charge is 0.0817 e. The Morgan fingerprint density at radius 2 is 1.81 bits per heavy atom. The Kier molecular flexibility index (Phi) is 8.61. The number of hydrogen-bond donors (Lipinski definition) is 0. The van der Waals surface area contributed by atoms with E-state index in [0.717, 1.165) is 12.8 Å². The first-order valence-electron chi connectivity index (χ1n) is 6.02. The van der Waals surface area contributed by atoms with E-state index in [1.165, 1.54) is 11.1 Å². The maximum Gasteiger partial charge on any atom is -0.0259 e. The monoisotopic (exact) mass is 217 g/mol. The standard InChI is InChI=1S/C16H25/c1-6-9-15(4)12-8-13-16(5)11-7-10-14(2)3/h7-8,10-13,15H,1,6,9H2,2-5H3. The second-order valence-electron chi connectivity index (χ2n) is 4.52. The molecule has 1 atom stereocenters. The molecule has 0 spiro atoms. The number of rotatable bonds is 6. The van der Waals surface area contributed by atoms with Crippen LogP contribution in [0.5, 0.6) is 0 Å². The van der Waals surface area contributed by atoms with Crippen LogP contribution in [0, 0.1) is 12.8 Å². The van der Waals surface area contributed by atoms with Gasteiger partial charge in [0.25, 0.3) is 0 Å². The Morgan fingerprint density at radius 1 is 1.12 bits per heavy atom. The lowest BCUT2D eigenvalue weighted by Gasteiger charge is -2.00. The molecule has 89 valence electrons. The van der Waals surface area contributed by atoms with Crippen LogP contribution in [0.4, 0.5) is 0 Å². The summed E-state index contributed by atoms with van der Waals surface area (Å²) in [6.07, 6.45) is 15.0. The first kappa shape index (κ1) is 15.0. The second-order valence-corrected chi connectivity index (χ2v) is 4.52. The van der Waals surface area contributed by atoms with Gasteiger partial charge in [0.15, 0.2) is 0 Å². The molecule has 0 aliphatic rings. The van der Waals surface area contributed by atoms with Crippen LogP contribution in [0.1, 0.15) is 40.5 Å². The maximum atomic E-state index is 3.86. The van der Waals surface area contributed by atoms with Crippen LogP contribution in [0.2, 0.25) is 0 Å². The molecule has 0 heteroatoms. The Morgan fingerprint density at radius 3 is 2.38 bits per heavy atom. The quantitative estimate of drug-likeness (QED) is 0.532. The summed E-state index contributed by atoms with van der Waals surface area (Å²) in [5.74, 6) is 0.628. The SMILES string of the molecule is [CH2]CCC(C)C=CC=C(C)C=CC=C(C)C. The van der Waals surface area contributed by atoms with Gasteiger partial charge in [0, 0.05) is 0 Å². The molecule has 0 aliphatic carbocycles. The van der Waals surface area contributed by atoms with Gasteiger partial charge in [0.2, 0.25) is 0 Å². The Labute approximate surface area is 101 Å². The van der Waals surface area contributed by atoms with E-state index < -0.39 is 0 Å². The molecule has 0 aromatic carbocycles. The zero-order valence-corrected chi connectivity index (χ0v) is 11.2. The highest BCUT2D eigenvalue weighted by molar-refractivity contribution is 5.25. The fourth-order valence-electron chi connectivity index (χ4n) is 1.26. The van der Waals surface area contributed by atoms with Crippen LogP contribution < -0.4 is 0 Å². The van der Waals surface area contributed by atoms with E-state index in [1.807, 2.05) is 0 Å². The molecule has 0 N–H and O–H groups in total. The summed E-state index contributed by atoms with van der Waals surface area (Å²) in [4.78, 5) is 0. The first-order chi connectivity index (χ1) is 7.56. The number of allylic oxidation sites excluding steroid dienone is 8. The molecule has 0 heterocycles. The Hall–Kier alpha value is -1.04. The fraction of sp³-hybridized carbons (Fsp3) is 0.438. The minimum Gasteiger partial charge on any atom is -0.0817 e. The molecule has 1 radical (unpaired) electrons. The lowest BCUT2D eigenvalue weighted by Crippen LogP contribution is -1.86. The molecular formula is C16H25. The summed E-state index contributed by atoms with van der Waals surface area (Å²) in [7, 11) is 0. The third kappa shape index (κ3) is 9.51. The van der Waals surface area contributed by atoms with Crippen LogP contribution in [-0.4, -0.2) is 0 Å². The third-order valence-electron chi connectivity index (χ3n) is 2.25. The highest BCUT2D eigenvalue weighted by atomic mass is 14.0. The van der Waals surface area contributed by atoms with Gasteiger partial charge in [0.05, 0.1) is 0 Å². The van der Waals surface area contributed by atoms with Gasteiger partial charge in [-0.25, -0.2) is 0 Å². The summed E-state index contributed by atoms with van der Waals surface area (Å²) in [5.41, 5.74) is 2.60. The first-order valence-corrected chi connectivity index (χ1v) is 6.02. The summed E-state index contributed by atoms with van der Waals surface area (Å²) in [6.45, 7) is 12.4. The lowest BCUT2D eigenvalue weighted by molar-refractivity contribution is 0.656. The molecule has 0 aromatic rings. The molecule has 0 bridgehead atoms. The van der Waals surface area contributed by atoms with Crippen molar-refractivity contribution in [2.75, 3.05) is 0 Å². The lowest BCUT2D eigenvalue weighted by atomic mass is 10.1. The summed E-state index contributed by atoms with van der Waals surface area (Å²) < 4.78 is 0. The van der Waals surface area contributed by atoms with Crippen LogP contribution in [0.25, 0.3) is 0 Å². The van der Waals surface area contributed by atoms with Crippen molar-refractivity contribution in [3.8, 4) is 0 Å². The van der Waals surface area contributed by atoms with Gasteiger partial charge in [0.1, 0.15) is 0 Å². The minimum atomic E-state index is 0.628. The third-order valence-corrected chi connectivity index (χ3v) is 2.25. The van der Waals surface area contributed by atoms with Gasteiger partial charge >= 0.3 is 0 Å². The Bertz CT molecular complexity index is 283. The maximum absolute atomic E-state index is 3.86. The van der Waals surface area contributed by atoms with Crippen molar-refractivity contribution < 1.29 is 0 Å². The van der Waals surface area contributed by atoms with E-state index in [-0.39, 0.29) is 0 Å². The minimum absolute atomic E-state index is 0.628. The molecule has 1 unspecified atom stereocenters. The van der Waals surface area contributed by atoms with E-state index in [0.29, 0.717) is 5.92 Å². The van der Waals surface area contributed by atoms with Crippen LogP contribution >= 0.6 is 0 Å². The van der Waals surface area contributed by atoms with Crippen molar-refractivity contribution in [3.05, 3.63) is 54.5 Å². The summed E-state index contributed by atoms with van der Waals surface area (Å²) in [5, 5.41) is 0. The van der Waals surface area contributed by atoms with Crippen molar-refractivity contribution in [2.24, 2.45) is 5.92 Å². The zero-order chi connectivity index (χ0) is 12.4. The highest BCUT2D eigenvalue weighted by Crippen LogP contribution is 2.06. The average Bonchev–Trinajstić information content (AvgIpc) is 2.17. The normalized spacial score (nSPS) is 14.7. The van der Waals surface area contributed by atoms with Gasteiger partial charge in [-0.05, 0) is 33.1 Å². The molecule has 0 fully saturated rings. The van der Waals surface area contributed by atoms with Gasteiger partial charge in [-0.3, -0.25) is 0 Å². The van der Waals surface area contributed by atoms with Gasteiger partial charge in [-0.1, -0.05) is 67.9 Å². The molecule has 0 aromatic heterocycles. The van der Waals surface area contributed by atoms with Crippen LogP contribution in [0.15, 0.2) is 47.6 Å². The van der Waals surface area contributed by atoms with Crippen molar-refractivity contribution in [1.29, 1.82) is 0 Å². The van der Waals surface area contributed by atoms with E-state index in [9.17, 15) is 0 Å². The molecule has 0 nitrogen and oxygen atoms in total. The zero-order valence-electron chi connectivity index (χ0n) is 11.2. The highest BCUT2D eigenvalue weighted by Gasteiger charge is 1.91. The molecule has 0 saturated heterocycles. The van der Waals surface area contributed by atoms with E-state index >= 15 is 0 Å². The van der Waals surface area contributed by atoms with Gasteiger partial charge in [-0.15, -0.1) is 0 Å². The molecule has 0 saturated carbocycles. The number of hydrogen-bond acceptors (Lipinski definition) is 0.